The first-order valence-corrected chi connectivity index (χ1v) is 12.5. The van der Waals surface area contributed by atoms with Crippen LogP contribution < -0.4 is 9.47 Å². The fraction of sp³-hybridized carbons (Fsp3) is 0.125. The van der Waals surface area contributed by atoms with Gasteiger partial charge >= 0.3 is 0 Å². The van der Waals surface area contributed by atoms with E-state index in [9.17, 15) is 14.9 Å². The Bertz CT molecular complexity index is 1680. The van der Waals surface area contributed by atoms with Crippen LogP contribution in [0.15, 0.2) is 102 Å². The predicted octanol–water partition coefficient (Wildman–Crippen LogP) is 5.35. The van der Waals surface area contributed by atoms with Gasteiger partial charge in [0, 0.05) is 22.9 Å². The molecule has 1 aliphatic heterocycles. The van der Waals surface area contributed by atoms with Crippen molar-refractivity contribution in [3.63, 3.8) is 0 Å². The number of hydrogen-bond acceptors (Lipinski definition) is 6. The van der Waals surface area contributed by atoms with Crippen molar-refractivity contribution in [2.75, 3.05) is 14.2 Å². The second-order valence-corrected chi connectivity index (χ2v) is 9.16. The van der Waals surface area contributed by atoms with E-state index in [4.69, 9.17) is 14.6 Å². The highest BCUT2D eigenvalue weighted by Crippen LogP contribution is 2.32. The Morgan fingerprint density at radius 2 is 1.50 bits per heavy atom. The number of methoxy groups -OCH3 is 2. The van der Waals surface area contributed by atoms with Gasteiger partial charge in [-0.25, -0.2) is 4.68 Å². The number of carbonyl (C=O) groups excluding carboxylic acids is 2. The maximum absolute atomic E-state index is 13.8. The molecule has 1 aliphatic rings. The molecule has 0 saturated carbocycles. The number of rotatable bonds is 7. The summed E-state index contributed by atoms with van der Waals surface area (Å²) in [6, 6.07) is 26.2. The summed E-state index contributed by atoms with van der Waals surface area (Å²) in [5.74, 6) is 0.271. The third-order valence-electron chi connectivity index (χ3n) is 6.75. The van der Waals surface area contributed by atoms with E-state index in [0.29, 0.717) is 28.3 Å². The number of nitrogens with zero attached hydrogens (tertiary/aromatic N) is 4. The lowest BCUT2D eigenvalue weighted by molar-refractivity contribution is -0.141. The largest absolute Gasteiger partial charge is 0.497 e. The minimum absolute atomic E-state index is 0.0199. The third-order valence-corrected chi connectivity index (χ3v) is 6.75. The van der Waals surface area contributed by atoms with Gasteiger partial charge in [-0.15, -0.1) is 0 Å². The first-order chi connectivity index (χ1) is 19.4. The number of nitriles is 1. The molecule has 1 aromatic heterocycles. The van der Waals surface area contributed by atoms with Crippen LogP contribution in [0.5, 0.6) is 11.5 Å². The molecule has 0 spiro atoms. The Morgan fingerprint density at radius 1 is 0.875 bits per heavy atom. The van der Waals surface area contributed by atoms with Crippen LogP contribution in [0.2, 0.25) is 0 Å². The molecule has 0 bridgehead atoms. The Labute approximate surface area is 232 Å². The normalized spacial score (nSPS) is 14.4. The van der Waals surface area contributed by atoms with Crippen LogP contribution in [-0.4, -0.2) is 40.7 Å². The molecule has 2 amide bonds. The first-order valence-electron chi connectivity index (χ1n) is 12.5. The molecule has 0 saturated heterocycles. The molecule has 8 nitrogen and oxygen atoms in total. The van der Waals surface area contributed by atoms with Crippen molar-refractivity contribution in [2.24, 2.45) is 0 Å². The van der Waals surface area contributed by atoms with Crippen molar-refractivity contribution in [1.29, 1.82) is 5.26 Å². The summed E-state index contributed by atoms with van der Waals surface area (Å²) < 4.78 is 12.2. The van der Waals surface area contributed by atoms with E-state index < -0.39 is 11.8 Å². The zero-order valence-electron chi connectivity index (χ0n) is 22.3. The molecule has 3 aromatic carbocycles. The number of benzene rings is 3. The summed E-state index contributed by atoms with van der Waals surface area (Å²) >= 11 is 0. The Kier molecular flexibility index (Phi) is 7.29. The lowest BCUT2D eigenvalue weighted by Gasteiger charge is -2.27. The fourth-order valence-electron chi connectivity index (χ4n) is 4.52. The topological polar surface area (TPSA) is 97.5 Å². The average Bonchev–Trinajstić information content (AvgIpc) is 3.42. The number of ether oxygens (including phenoxy) is 2. The number of imide groups is 1. The highest BCUT2D eigenvalue weighted by atomic mass is 16.5. The number of aromatic nitrogens is 2. The van der Waals surface area contributed by atoms with Gasteiger partial charge in [0.05, 0.1) is 32.1 Å². The van der Waals surface area contributed by atoms with E-state index in [1.165, 1.54) is 0 Å². The number of carbonyl (C=O) groups is 2. The van der Waals surface area contributed by atoms with Crippen LogP contribution in [0.3, 0.4) is 0 Å². The van der Waals surface area contributed by atoms with Crippen molar-refractivity contribution in [2.45, 2.75) is 13.5 Å². The quantitative estimate of drug-likeness (QED) is 0.236. The number of para-hydroxylation sites is 1. The molecule has 8 heteroatoms. The Balaban J connectivity index is 1.61. The first kappa shape index (κ1) is 26.2. The molecule has 0 radical (unpaired) electrons. The lowest BCUT2D eigenvalue weighted by atomic mass is 9.93. The van der Waals surface area contributed by atoms with E-state index in [1.54, 1.807) is 56.2 Å². The zero-order valence-corrected chi connectivity index (χ0v) is 22.3. The molecule has 0 N–H and O–H groups in total. The highest BCUT2D eigenvalue weighted by molar-refractivity contribution is 6.19. The zero-order chi connectivity index (χ0) is 28.2. The second-order valence-electron chi connectivity index (χ2n) is 9.16. The molecule has 0 atom stereocenters. The van der Waals surface area contributed by atoms with E-state index in [2.05, 4.69) is 0 Å². The highest BCUT2D eigenvalue weighted by Gasteiger charge is 2.35. The summed E-state index contributed by atoms with van der Waals surface area (Å²) in [6.07, 6.45) is 3.53. The minimum atomic E-state index is -0.617. The van der Waals surface area contributed by atoms with Gasteiger partial charge in [0.1, 0.15) is 23.1 Å². The lowest BCUT2D eigenvalue weighted by Crippen LogP contribution is -2.42. The van der Waals surface area contributed by atoms with Crippen molar-refractivity contribution in [3.8, 4) is 34.5 Å². The summed E-state index contributed by atoms with van der Waals surface area (Å²) in [5, 5.41) is 14.7. The SMILES string of the molecule is COc1ccc(CN2C(=O)C(C#N)=C(C)/C(=C\c3cn(-c4ccccc4)nc3-c3ccc(OC)cc3)C2=O)cc1. The van der Waals surface area contributed by atoms with E-state index in [1.807, 2.05) is 66.9 Å². The van der Waals surface area contributed by atoms with Crippen LogP contribution in [0.25, 0.3) is 23.0 Å². The van der Waals surface area contributed by atoms with E-state index >= 15 is 0 Å². The maximum Gasteiger partial charge on any atom is 0.271 e. The van der Waals surface area contributed by atoms with Crippen LogP contribution in [0, 0.1) is 11.3 Å². The second kappa shape index (κ2) is 11.1. The summed E-state index contributed by atoms with van der Waals surface area (Å²) in [4.78, 5) is 28.1. The summed E-state index contributed by atoms with van der Waals surface area (Å²) in [5.41, 5.74) is 4.21. The molecule has 5 rings (SSSR count). The summed E-state index contributed by atoms with van der Waals surface area (Å²) in [6.45, 7) is 1.64. The molecule has 0 unspecified atom stereocenters. The van der Waals surface area contributed by atoms with Crippen LogP contribution in [-0.2, 0) is 16.1 Å². The molecular weight excluding hydrogens is 504 g/mol. The van der Waals surface area contributed by atoms with Crippen LogP contribution >= 0.6 is 0 Å². The number of hydrogen-bond donors (Lipinski definition) is 0. The molecule has 198 valence electrons. The van der Waals surface area contributed by atoms with E-state index in [-0.39, 0.29) is 17.7 Å². The van der Waals surface area contributed by atoms with Crippen molar-refractivity contribution in [1.82, 2.24) is 14.7 Å². The van der Waals surface area contributed by atoms with Gasteiger partial charge < -0.3 is 9.47 Å². The smallest absolute Gasteiger partial charge is 0.271 e. The third kappa shape index (κ3) is 5.00. The molecular formula is C32H26N4O4. The predicted molar refractivity (Wildman–Crippen MR) is 150 cm³/mol. The van der Waals surface area contributed by atoms with Gasteiger partial charge in [-0.2, -0.15) is 10.4 Å². The van der Waals surface area contributed by atoms with Crippen molar-refractivity contribution < 1.29 is 19.1 Å². The van der Waals surface area contributed by atoms with E-state index in [0.717, 1.165) is 21.7 Å². The standard InChI is InChI=1S/C32H26N4O4/c1-21-28(31(37)35(32(38)29(21)18-33)19-22-9-13-26(39-2)14-10-22)17-24-20-36(25-7-5-4-6-8-25)34-30(24)23-11-15-27(40-3)16-12-23/h4-17,20H,19H2,1-3H3/b28-17+. The Morgan fingerprint density at radius 3 is 2.10 bits per heavy atom. The van der Waals surface area contributed by atoms with Crippen LogP contribution in [0.4, 0.5) is 0 Å². The molecule has 0 fully saturated rings. The van der Waals surface area contributed by atoms with Crippen molar-refractivity contribution in [3.05, 3.63) is 113 Å². The van der Waals surface area contributed by atoms with Gasteiger partial charge in [-0.1, -0.05) is 30.3 Å². The van der Waals surface area contributed by atoms with Gasteiger partial charge in [0.2, 0.25) is 0 Å². The summed E-state index contributed by atoms with van der Waals surface area (Å²) in [7, 11) is 3.17. The van der Waals surface area contributed by atoms with Gasteiger partial charge in [0.25, 0.3) is 11.8 Å². The maximum atomic E-state index is 13.8. The molecule has 2 heterocycles. The molecule has 4 aromatic rings. The van der Waals surface area contributed by atoms with Gasteiger partial charge in [-0.05, 0) is 72.7 Å². The fourth-order valence-corrected chi connectivity index (χ4v) is 4.52. The Hall–Kier alpha value is -5.42. The molecule has 0 aliphatic carbocycles. The van der Waals surface area contributed by atoms with Gasteiger partial charge in [-0.3, -0.25) is 14.5 Å². The monoisotopic (exact) mass is 530 g/mol. The van der Waals surface area contributed by atoms with Gasteiger partial charge in [0.15, 0.2) is 0 Å². The minimum Gasteiger partial charge on any atom is -0.497 e. The van der Waals surface area contributed by atoms with Crippen molar-refractivity contribution >= 4 is 17.9 Å². The number of amides is 2. The average molecular weight is 531 g/mol. The van der Waals surface area contributed by atoms with Crippen LogP contribution in [0.1, 0.15) is 18.1 Å². The molecule has 40 heavy (non-hydrogen) atoms.